The minimum absolute atomic E-state index is 0.110. The first-order valence-electron chi connectivity index (χ1n) is 8.44. The van der Waals surface area contributed by atoms with Gasteiger partial charge in [-0.15, -0.1) is 0 Å². The number of benzene rings is 1. The molecule has 134 valence electrons. The van der Waals surface area contributed by atoms with Crippen molar-refractivity contribution >= 4 is 22.8 Å². The van der Waals surface area contributed by atoms with Gasteiger partial charge in [0.2, 0.25) is 0 Å². The molecular formula is C18H21FN2O4. The molecule has 2 heterocycles. The Morgan fingerprint density at radius 1 is 1.16 bits per heavy atom. The molecule has 1 aromatic carbocycles. The first kappa shape index (κ1) is 17.4. The first-order chi connectivity index (χ1) is 12.0. The molecule has 1 fully saturated rings. The van der Waals surface area contributed by atoms with Crippen molar-refractivity contribution in [3.05, 3.63) is 35.8 Å². The third kappa shape index (κ3) is 3.66. The second-order valence-corrected chi connectivity index (χ2v) is 6.42. The SMILES string of the molecule is O=C(O)CCn1cc([C@H](C(=O)O)N2CCCCC2)c2ccc(F)cc21. The molecule has 1 saturated heterocycles. The summed E-state index contributed by atoms with van der Waals surface area (Å²) in [7, 11) is 0. The van der Waals surface area contributed by atoms with Gasteiger partial charge in [0.25, 0.3) is 0 Å². The van der Waals surface area contributed by atoms with Crippen molar-refractivity contribution in [3.8, 4) is 0 Å². The molecule has 0 saturated carbocycles. The lowest BCUT2D eigenvalue weighted by atomic mass is 10.0. The highest BCUT2D eigenvalue weighted by Gasteiger charge is 2.31. The number of piperidine rings is 1. The summed E-state index contributed by atoms with van der Waals surface area (Å²) in [6.07, 6.45) is 4.56. The highest BCUT2D eigenvalue weighted by molar-refractivity contribution is 5.90. The van der Waals surface area contributed by atoms with E-state index >= 15 is 0 Å². The number of carbonyl (C=O) groups is 2. The molecule has 0 unspecified atom stereocenters. The second kappa shape index (κ2) is 7.23. The van der Waals surface area contributed by atoms with Crippen molar-refractivity contribution < 1.29 is 24.2 Å². The quantitative estimate of drug-likeness (QED) is 0.839. The van der Waals surface area contributed by atoms with Crippen molar-refractivity contribution in [2.45, 2.75) is 38.3 Å². The van der Waals surface area contributed by atoms with E-state index in [1.54, 1.807) is 16.8 Å². The predicted octanol–water partition coefficient (Wildman–Crippen LogP) is 2.87. The molecule has 1 aliphatic heterocycles. The van der Waals surface area contributed by atoms with Crippen LogP contribution in [0.15, 0.2) is 24.4 Å². The van der Waals surface area contributed by atoms with Crippen LogP contribution in [0.1, 0.15) is 37.3 Å². The third-order valence-corrected chi connectivity index (χ3v) is 4.73. The lowest BCUT2D eigenvalue weighted by molar-refractivity contribution is -0.144. The molecular weight excluding hydrogens is 327 g/mol. The fourth-order valence-electron chi connectivity index (χ4n) is 3.57. The molecule has 25 heavy (non-hydrogen) atoms. The molecule has 6 nitrogen and oxygen atoms in total. The van der Waals surface area contributed by atoms with E-state index in [-0.39, 0.29) is 13.0 Å². The second-order valence-electron chi connectivity index (χ2n) is 6.42. The molecule has 0 radical (unpaired) electrons. The number of fused-ring (bicyclic) bond motifs is 1. The molecule has 7 heteroatoms. The highest BCUT2D eigenvalue weighted by atomic mass is 19.1. The van der Waals surface area contributed by atoms with Crippen molar-refractivity contribution in [3.63, 3.8) is 0 Å². The number of carboxylic acid groups (broad SMARTS) is 2. The van der Waals surface area contributed by atoms with Gasteiger partial charge in [-0.05, 0) is 44.1 Å². The van der Waals surface area contributed by atoms with Crippen molar-refractivity contribution in [2.24, 2.45) is 0 Å². The van der Waals surface area contributed by atoms with Crippen LogP contribution in [-0.4, -0.2) is 44.7 Å². The van der Waals surface area contributed by atoms with Gasteiger partial charge in [0.1, 0.15) is 11.9 Å². The van der Waals surface area contributed by atoms with Gasteiger partial charge in [-0.1, -0.05) is 6.42 Å². The van der Waals surface area contributed by atoms with E-state index in [4.69, 9.17) is 5.11 Å². The maximum atomic E-state index is 13.7. The molecule has 0 aliphatic carbocycles. The number of rotatable bonds is 6. The Labute approximate surface area is 144 Å². The zero-order chi connectivity index (χ0) is 18.0. The van der Waals surface area contributed by atoms with Crippen molar-refractivity contribution in [2.75, 3.05) is 13.1 Å². The predicted molar refractivity (Wildman–Crippen MR) is 89.9 cm³/mol. The van der Waals surface area contributed by atoms with E-state index < -0.39 is 23.8 Å². The Morgan fingerprint density at radius 3 is 2.52 bits per heavy atom. The van der Waals surface area contributed by atoms with Crippen molar-refractivity contribution in [1.82, 2.24) is 9.47 Å². The summed E-state index contributed by atoms with van der Waals surface area (Å²) < 4.78 is 15.3. The van der Waals surface area contributed by atoms with Gasteiger partial charge >= 0.3 is 11.9 Å². The number of hydrogen-bond acceptors (Lipinski definition) is 3. The summed E-state index contributed by atoms with van der Waals surface area (Å²) in [5, 5.41) is 19.4. The molecule has 2 aromatic rings. The molecule has 0 spiro atoms. The third-order valence-electron chi connectivity index (χ3n) is 4.73. The van der Waals surface area contributed by atoms with Crippen LogP contribution in [0.25, 0.3) is 10.9 Å². The number of aryl methyl sites for hydroxylation is 1. The number of nitrogens with zero attached hydrogens (tertiary/aromatic N) is 2. The van der Waals surface area contributed by atoms with Gasteiger partial charge in [-0.3, -0.25) is 14.5 Å². The fraction of sp³-hybridized carbons (Fsp3) is 0.444. The summed E-state index contributed by atoms with van der Waals surface area (Å²) in [4.78, 5) is 24.8. The van der Waals surface area contributed by atoms with Gasteiger partial charge in [0, 0.05) is 23.7 Å². The Morgan fingerprint density at radius 2 is 1.88 bits per heavy atom. The van der Waals surface area contributed by atoms with Crippen LogP contribution in [0, 0.1) is 5.82 Å². The number of hydrogen-bond donors (Lipinski definition) is 2. The van der Waals surface area contributed by atoms with E-state index in [1.165, 1.54) is 12.1 Å². The van der Waals surface area contributed by atoms with Crippen LogP contribution < -0.4 is 0 Å². The number of aromatic nitrogens is 1. The largest absolute Gasteiger partial charge is 0.481 e. The number of aliphatic carboxylic acids is 2. The lowest BCUT2D eigenvalue weighted by Gasteiger charge is -2.31. The summed E-state index contributed by atoms with van der Waals surface area (Å²) in [5.74, 6) is -2.33. The Balaban J connectivity index is 2.06. The Hall–Kier alpha value is -2.41. The molecule has 1 atom stereocenters. The van der Waals surface area contributed by atoms with E-state index in [2.05, 4.69) is 0 Å². The molecule has 2 N–H and O–H groups in total. The Kier molecular flexibility index (Phi) is 5.03. The van der Waals surface area contributed by atoms with E-state index in [0.717, 1.165) is 19.3 Å². The average Bonchev–Trinajstić information content (AvgIpc) is 2.91. The van der Waals surface area contributed by atoms with E-state index in [0.29, 0.717) is 29.6 Å². The topological polar surface area (TPSA) is 82.8 Å². The van der Waals surface area contributed by atoms with Gasteiger partial charge in [0.05, 0.1) is 11.9 Å². The van der Waals surface area contributed by atoms with Crippen molar-refractivity contribution in [1.29, 1.82) is 0 Å². The fourth-order valence-corrected chi connectivity index (χ4v) is 3.57. The first-order valence-corrected chi connectivity index (χ1v) is 8.44. The van der Waals surface area contributed by atoms with Crippen LogP contribution in [0.2, 0.25) is 0 Å². The van der Waals surface area contributed by atoms with Gasteiger partial charge in [-0.25, -0.2) is 4.39 Å². The summed E-state index contributed by atoms with van der Waals surface area (Å²) in [6.45, 7) is 1.58. The maximum absolute atomic E-state index is 13.7. The summed E-state index contributed by atoms with van der Waals surface area (Å²) >= 11 is 0. The zero-order valence-corrected chi connectivity index (χ0v) is 13.8. The Bertz CT molecular complexity index is 796. The number of carboxylic acids is 2. The minimum Gasteiger partial charge on any atom is -0.481 e. The average molecular weight is 348 g/mol. The normalized spacial score (nSPS) is 16.8. The number of halogens is 1. The van der Waals surface area contributed by atoms with Crippen LogP contribution in [0.3, 0.4) is 0 Å². The van der Waals surface area contributed by atoms with Gasteiger partial charge in [0.15, 0.2) is 0 Å². The molecule has 0 bridgehead atoms. The molecule has 0 amide bonds. The van der Waals surface area contributed by atoms with Gasteiger partial charge < -0.3 is 14.8 Å². The zero-order valence-electron chi connectivity index (χ0n) is 13.8. The smallest absolute Gasteiger partial charge is 0.325 e. The highest BCUT2D eigenvalue weighted by Crippen LogP contribution is 2.32. The van der Waals surface area contributed by atoms with Gasteiger partial charge in [-0.2, -0.15) is 0 Å². The van der Waals surface area contributed by atoms with Crippen LogP contribution in [-0.2, 0) is 16.1 Å². The van der Waals surface area contributed by atoms with Crippen LogP contribution in [0.5, 0.6) is 0 Å². The molecule has 1 aliphatic rings. The lowest BCUT2D eigenvalue weighted by Crippen LogP contribution is -2.37. The minimum atomic E-state index is -0.953. The summed E-state index contributed by atoms with van der Waals surface area (Å²) in [6, 6.07) is 3.41. The monoisotopic (exact) mass is 348 g/mol. The van der Waals surface area contributed by atoms with Crippen LogP contribution >= 0.6 is 0 Å². The molecule has 3 rings (SSSR count). The molecule has 1 aromatic heterocycles. The number of likely N-dealkylation sites (tertiary alicyclic amines) is 1. The van der Waals surface area contributed by atoms with Crippen LogP contribution in [0.4, 0.5) is 4.39 Å². The maximum Gasteiger partial charge on any atom is 0.325 e. The summed E-state index contributed by atoms with van der Waals surface area (Å²) in [5.41, 5.74) is 1.12. The van der Waals surface area contributed by atoms with E-state index in [9.17, 15) is 19.1 Å². The standard InChI is InChI=1S/C18H21FN2O4/c19-12-4-5-13-14(11-21(15(13)10-12)9-6-16(22)23)17(18(24)25)20-7-2-1-3-8-20/h4-5,10-11,17H,1-3,6-9H2,(H,22,23)(H,24,25)/t17-/m1/s1. The van der Waals surface area contributed by atoms with E-state index in [1.807, 2.05) is 4.90 Å².